The number of amides is 1. The Bertz CT molecular complexity index is 1220. The van der Waals surface area contributed by atoms with E-state index in [1.165, 1.54) is 11.3 Å². The molecule has 29 heavy (non-hydrogen) atoms. The maximum absolute atomic E-state index is 13.1. The molecule has 0 saturated carbocycles. The minimum atomic E-state index is -0.289. The van der Waals surface area contributed by atoms with Crippen molar-refractivity contribution in [2.75, 3.05) is 0 Å². The molecule has 0 aliphatic carbocycles. The molecule has 1 amide bonds. The second-order valence-corrected chi connectivity index (χ2v) is 7.14. The number of fused-ring (bicyclic) bond motifs is 1. The van der Waals surface area contributed by atoms with Gasteiger partial charge in [-0.1, -0.05) is 29.8 Å². The monoisotopic (exact) mass is 402 g/mol. The Kier molecular flexibility index (Phi) is 4.33. The number of hydrogen-bond acceptors (Lipinski definition) is 5. The highest BCUT2D eigenvalue weighted by Gasteiger charge is 2.34. The van der Waals surface area contributed by atoms with Gasteiger partial charge in [-0.15, -0.1) is 0 Å². The standard InChI is InChI=1S/C22H15ClN4O2/c23-16-6-3-14(4-7-16)18-13-20(27(26-18)22(28)21-2-1-11-29-21)15-5-8-17-19(12-15)25-10-9-24-17/h1-12,20H,13H2/t20-/m1/s1. The van der Waals surface area contributed by atoms with Crippen LogP contribution in [0.3, 0.4) is 0 Å². The van der Waals surface area contributed by atoms with Gasteiger partial charge in [0.1, 0.15) is 0 Å². The molecule has 6 nitrogen and oxygen atoms in total. The summed E-state index contributed by atoms with van der Waals surface area (Å²) in [5.74, 6) is -0.0418. The average Bonchev–Trinajstić information content (AvgIpc) is 3.44. The summed E-state index contributed by atoms with van der Waals surface area (Å²) in [6.07, 6.45) is 5.36. The predicted octanol–water partition coefficient (Wildman–Crippen LogP) is 4.87. The predicted molar refractivity (Wildman–Crippen MR) is 110 cm³/mol. The van der Waals surface area contributed by atoms with Gasteiger partial charge in [0.15, 0.2) is 5.76 Å². The van der Waals surface area contributed by atoms with Gasteiger partial charge in [0, 0.05) is 23.8 Å². The van der Waals surface area contributed by atoms with Crippen LogP contribution in [0.4, 0.5) is 0 Å². The minimum Gasteiger partial charge on any atom is -0.459 e. The van der Waals surface area contributed by atoms with Crippen molar-refractivity contribution < 1.29 is 9.21 Å². The Hall–Kier alpha value is -3.51. The summed E-state index contributed by atoms with van der Waals surface area (Å²) >= 11 is 6.02. The molecule has 0 bridgehead atoms. The van der Waals surface area contributed by atoms with Gasteiger partial charge in [-0.05, 0) is 47.5 Å². The van der Waals surface area contributed by atoms with Crippen LogP contribution in [0.15, 0.2) is 82.8 Å². The maximum atomic E-state index is 13.1. The first-order valence-corrected chi connectivity index (χ1v) is 9.48. The van der Waals surface area contributed by atoms with E-state index < -0.39 is 0 Å². The van der Waals surface area contributed by atoms with Crippen LogP contribution in [0.5, 0.6) is 0 Å². The van der Waals surface area contributed by atoms with Gasteiger partial charge in [0.25, 0.3) is 0 Å². The first-order chi connectivity index (χ1) is 14.2. The fraction of sp³-hybridized carbons (Fsp3) is 0.0909. The molecule has 142 valence electrons. The lowest BCUT2D eigenvalue weighted by Gasteiger charge is -2.21. The van der Waals surface area contributed by atoms with E-state index in [9.17, 15) is 4.79 Å². The van der Waals surface area contributed by atoms with Gasteiger partial charge in [-0.25, -0.2) is 5.01 Å². The third-order valence-corrected chi connectivity index (χ3v) is 5.16. The molecule has 5 rings (SSSR count). The van der Waals surface area contributed by atoms with Crippen molar-refractivity contribution in [3.05, 3.63) is 95.2 Å². The summed E-state index contributed by atoms with van der Waals surface area (Å²) in [5, 5.41) is 6.78. The molecular weight excluding hydrogens is 388 g/mol. The number of nitrogens with zero attached hydrogens (tertiary/aromatic N) is 4. The summed E-state index contributed by atoms with van der Waals surface area (Å²) in [4.78, 5) is 21.8. The molecule has 0 spiro atoms. The Balaban J connectivity index is 1.56. The van der Waals surface area contributed by atoms with Gasteiger partial charge in [-0.3, -0.25) is 14.8 Å². The summed E-state index contributed by atoms with van der Waals surface area (Å²) in [5.41, 5.74) is 4.25. The molecule has 2 aromatic carbocycles. The van der Waals surface area contributed by atoms with Crippen LogP contribution < -0.4 is 0 Å². The normalized spacial score (nSPS) is 16.2. The number of carbonyl (C=O) groups is 1. The fourth-order valence-corrected chi connectivity index (χ4v) is 3.60. The zero-order valence-electron chi connectivity index (χ0n) is 15.2. The van der Waals surface area contributed by atoms with Gasteiger partial charge in [-0.2, -0.15) is 5.10 Å². The van der Waals surface area contributed by atoms with E-state index in [1.807, 2.05) is 42.5 Å². The van der Waals surface area contributed by atoms with E-state index in [-0.39, 0.29) is 17.7 Å². The van der Waals surface area contributed by atoms with Crippen molar-refractivity contribution in [1.82, 2.24) is 15.0 Å². The van der Waals surface area contributed by atoms with Gasteiger partial charge < -0.3 is 4.42 Å². The molecule has 2 aromatic heterocycles. The van der Waals surface area contributed by atoms with Crippen molar-refractivity contribution in [3.63, 3.8) is 0 Å². The average molecular weight is 403 g/mol. The van der Waals surface area contributed by atoms with E-state index in [1.54, 1.807) is 24.5 Å². The van der Waals surface area contributed by atoms with E-state index in [0.717, 1.165) is 27.9 Å². The molecule has 0 unspecified atom stereocenters. The molecule has 3 heterocycles. The largest absolute Gasteiger partial charge is 0.459 e. The molecule has 0 fully saturated rings. The molecule has 1 aliphatic heterocycles. The van der Waals surface area contributed by atoms with Crippen molar-refractivity contribution in [2.24, 2.45) is 5.10 Å². The number of hydrazone groups is 1. The van der Waals surface area contributed by atoms with Crippen molar-refractivity contribution >= 4 is 34.3 Å². The van der Waals surface area contributed by atoms with Gasteiger partial charge in [0.2, 0.25) is 0 Å². The number of benzene rings is 2. The van der Waals surface area contributed by atoms with Crippen LogP contribution in [-0.2, 0) is 0 Å². The van der Waals surface area contributed by atoms with Crippen LogP contribution in [0.2, 0.25) is 5.02 Å². The second kappa shape index (κ2) is 7.14. The highest BCUT2D eigenvalue weighted by Crippen LogP contribution is 2.35. The molecule has 1 atom stereocenters. The quantitative estimate of drug-likeness (QED) is 0.490. The van der Waals surface area contributed by atoms with Crippen LogP contribution >= 0.6 is 11.6 Å². The van der Waals surface area contributed by atoms with Crippen molar-refractivity contribution in [3.8, 4) is 0 Å². The maximum Gasteiger partial charge on any atom is 0.310 e. The van der Waals surface area contributed by atoms with E-state index in [2.05, 4.69) is 15.1 Å². The summed E-state index contributed by atoms with van der Waals surface area (Å²) in [7, 11) is 0. The number of rotatable bonds is 3. The topological polar surface area (TPSA) is 71.6 Å². The summed E-state index contributed by atoms with van der Waals surface area (Å²) < 4.78 is 5.32. The smallest absolute Gasteiger partial charge is 0.310 e. The van der Waals surface area contributed by atoms with E-state index in [4.69, 9.17) is 16.0 Å². The first kappa shape index (κ1) is 17.6. The number of aromatic nitrogens is 2. The van der Waals surface area contributed by atoms with Gasteiger partial charge >= 0.3 is 5.91 Å². The first-order valence-electron chi connectivity index (χ1n) is 9.10. The Labute approximate surface area is 171 Å². The highest BCUT2D eigenvalue weighted by molar-refractivity contribution is 6.30. The molecule has 0 radical (unpaired) electrons. The Morgan fingerprint density at radius 1 is 1.03 bits per heavy atom. The SMILES string of the molecule is O=C(c1ccco1)N1N=C(c2ccc(Cl)cc2)C[C@@H]1c1ccc2nccnc2c1. The number of halogens is 1. The summed E-state index contributed by atoms with van der Waals surface area (Å²) in [6, 6.07) is 16.3. The molecule has 0 saturated heterocycles. The highest BCUT2D eigenvalue weighted by atomic mass is 35.5. The van der Waals surface area contributed by atoms with Crippen LogP contribution in [0.25, 0.3) is 11.0 Å². The Morgan fingerprint density at radius 3 is 2.59 bits per heavy atom. The van der Waals surface area contributed by atoms with E-state index >= 15 is 0 Å². The zero-order chi connectivity index (χ0) is 19.8. The Morgan fingerprint density at radius 2 is 1.83 bits per heavy atom. The van der Waals surface area contributed by atoms with Gasteiger partial charge in [0.05, 0.1) is 29.1 Å². The number of hydrogen-bond donors (Lipinski definition) is 0. The fourth-order valence-electron chi connectivity index (χ4n) is 3.47. The summed E-state index contributed by atoms with van der Waals surface area (Å²) in [6.45, 7) is 0. The number of furan rings is 1. The molecule has 0 N–H and O–H groups in total. The lowest BCUT2D eigenvalue weighted by atomic mass is 9.98. The van der Waals surface area contributed by atoms with Crippen LogP contribution in [0, 0.1) is 0 Å². The molecular formula is C22H15ClN4O2. The van der Waals surface area contributed by atoms with Crippen molar-refractivity contribution in [2.45, 2.75) is 12.5 Å². The lowest BCUT2D eigenvalue weighted by Crippen LogP contribution is -2.26. The zero-order valence-corrected chi connectivity index (χ0v) is 16.0. The third-order valence-electron chi connectivity index (χ3n) is 4.91. The lowest BCUT2D eigenvalue weighted by molar-refractivity contribution is 0.0678. The minimum absolute atomic E-state index is 0.247. The number of carbonyl (C=O) groups excluding carboxylic acids is 1. The van der Waals surface area contributed by atoms with E-state index in [0.29, 0.717) is 11.4 Å². The second-order valence-electron chi connectivity index (χ2n) is 6.71. The molecule has 7 heteroatoms. The third kappa shape index (κ3) is 3.28. The van der Waals surface area contributed by atoms with Crippen molar-refractivity contribution in [1.29, 1.82) is 0 Å². The molecule has 1 aliphatic rings. The molecule has 4 aromatic rings. The van der Waals surface area contributed by atoms with Crippen LogP contribution in [0.1, 0.15) is 34.1 Å². The van der Waals surface area contributed by atoms with Crippen LogP contribution in [-0.4, -0.2) is 26.6 Å².